The van der Waals surface area contributed by atoms with Crippen molar-refractivity contribution in [1.29, 1.82) is 0 Å². The Labute approximate surface area is 164 Å². The third-order valence-corrected chi connectivity index (χ3v) is 5.20. The van der Waals surface area contributed by atoms with Crippen LogP contribution in [0.1, 0.15) is 16.1 Å². The van der Waals surface area contributed by atoms with Crippen LogP contribution >= 0.6 is 23.1 Å². The highest BCUT2D eigenvalue weighted by Crippen LogP contribution is 2.25. The molecule has 27 heavy (non-hydrogen) atoms. The fourth-order valence-electron chi connectivity index (χ4n) is 2.32. The number of benzene rings is 2. The van der Waals surface area contributed by atoms with Gasteiger partial charge >= 0.3 is 0 Å². The third kappa shape index (κ3) is 5.15. The summed E-state index contributed by atoms with van der Waals surface area (Å²) in [6.07, 6.45) is 2.05. The average Bonchev–Trinajstić information content (AvgIpc) is 3.09. The Bertz CT molecular complexity index is 958. The number of anilines is 2. The number of amides is 2. The lowest BCUT2D eigenvalue weighted by molar-refractivity contribution is -0.115. The van der Waals surface area contributed by atoms with Crippen molar-refractivity contribution in [3.05, 3.63) is 71.0 Å². The molecule has 2 N–H and O–H groups in total. The van der Waals surface area contributed by atoms with Crippen LogP contribution in [0, 0.1) is 5.82 Å². The zero-order valence-electron chi connectivity index (χ0n) is 14.4. The van der Waals surface area contributed by atoms with Crippen molar-refractivity contribution in [2.24, 2.45) is 0 Å². The number of aromatic nitrogens is 1. The van der Waals surface area contributed by atoms with Gasteiger partial charge in [0.05, 0.1) is 17.8 Å². The van der Waals surface area contributed by atoms with Crippen LogP contribution in [0.2, 0.25) is 0 Å². The second-order valence-corrected chi connectivity index (χ2v) is 7.24. The Morgan fingerprint density at radius 1 is 1.11 bits per heavy atom. The van der Waals surface area contributed by atoms with Gasteiger partial charge in [-0.15, -0.1) is 23.1 Å². The smallest absolute Gasteiger partial charge is 0.257 e. The van der Waals surface area contributed by atoms with Gasteiger partial charge in [-0.25, -0.2) is 9.37 Å². The van der Waals surface area contributed by atoms with Crippen LogP contribution < -0.4 is 10.6 Å². The molecule has 0 bridgehead atoms. The highest BCUT2D eigenvalue weighted by atomic mass is 32.2. The molecule has 2 aromatic carbocycles. The van der Waals surface area contributed by atoms with Gasteiger partial charge in [-0.1, -0.05) is 12.1 Å². The molecule has 0 unspecified atom stereocenters. The summed E-state index contributed by atoms with van der Waals surface area (Å²) in [6, 6.07) is 12.8. The molecule has 0 saturated carbocycles. The quantitative estimate of drug-likeness (QED) is 0.599. The maximum atomic E-state index is 12.9. The SMILES string of the molecule is CSc1ccccc1NC(=O)Cc1csc(NC(=O)c2ccc(F)cc2)n1. The maximum Gasteiger partial charge on any atom is 0.257 e. The number of rotatable bonds is 6. The first-order valence-electron chi connectivity index (χ1n) is 7.99. The van der Waals surface area contributed by atoms with Crippen molar-refractivity contribution in [2.45, 2.75) is 11.3 Å². The molecular formula is C19H16FN3O2S2. The number of halogens is 1. The lowest BCUT2D eigenvalue weighted by atomic mass is 10.2. The summed E-state index contributed by atoms with van der Waals surface area (Å²) in [4.78, 5) is 29.6. The van der Waals surface area contributed by atoms with Crippen molar-refractivity contribution in [3.8, 4) is 0 Å². The van der Waals surface area contributed by atoms with E-state index in [4.69, 9.17) is 0 Å². The Morgan fingerprint density at radius 2 is 1.85 bits per heavy atom. The number of nitrogens with zero attached hydrogens (tertiary/aromatic N) is 1. The number of para-hydroxylation sites is 1. The monoisotopic (exact) mass is 401 g/mol. The highest BCUT2D eigenvalue weighted by molar-refractivity contribution is 7.98. The summed E-state index contributed by atoms with van der Waals surface area (Å²) in [5, 5.41) is 7.63. The topological polar surface area (TPSA) is 71.1 Å². The molecule has 1 aromatic heterocycles. The van der Waals surface area contributed by atoms with E-state index in [2.05, 4.69) is 15.6 Å². The molecule has 2 amide bonds. The van der Waals surface area contributed by atoms with Crippen molar-refractivity contribution in [1.82, 2.24) is 4.98 Å². The minimum absolute atomic E-state index is 0.103. The molecule has 8 heteroatoms. The van der Waals surface area contributed by atoms with Crippen LogP contribution in [-0.4, -0.2) is 23.1 Å². The van der Waals surface area contributed by atoms with E-state index in [0.717, 1.165) is 10.6 Å². The zero-order chi connectivity index (χ0) is 19.2. The van der Waals surface area contributed by atoms with Gasteiger partial charge in [0.25, 0.3) is 5.91 Å². The first-order chi connectivity index (χ1) is 13.0. The Kier molecular flexibility index (Phi) is 6.20. The third-order valence-electron chi connectivity index (χ3n) is 3.60. The molecule has 3 aromatic rings. The maximum absolute atomic E-state index is 12.9. The van der Waals surface area contributed by atoms with Crippen LogP contribution in [0.3, 0.4) is 0 Å². The normalized spacial score (nSPS) is 10.4. The average molecular weight is 401 g/mol. The number of thiazole rings is 1. The van der Waals surface area contributed by atoms with Crippen LogP contribution in [0.4, 0.5) is 15.2 Å². The van der Waals surface area contributed by atoms with Gasteiger partial charge in [-0.3, -0.25) is 14.9 Å². The molecule has 0 radical (unpaired) electrons. The van der Waals surface area contributed by atoms with E-state index in [1.165, 1.54) is 35.6 Å². The van der Waals surface area contributed by atoms with Crippen molar-refractivity contribution in [2.75, 3.05) is 16.9 Å². The summed E-state index contributed by atoms with van der Waals surface area (Å²) >= 11 is 2.78. The lowest BCUT2D eigenvalue weighted by Crippen LogP contribution is -2.15. The number of hydrogen-bond donors (Lipinski definition) is 2. The standard InChI is InChI=1S/C19H16FN3O2S2/c1-26-16-5-3-2-4-15(16)22-17(24)10-14-11-27-19(21-14)23-18(25)12-6-8-13(20)9-7-12/h2-9,11H,10H2,1H3,(H,22,24)(H,21,23,25). The summed E-state index contributed by atoms with van der Waals surface area (Å²) < 4.78 is 12.9. The minimum atomic E-state index is -0.405. The van der Waals surface area contributed by atoms with E-state index in [1.54, 1.807) is 17.1 Å². The van der Waals surface area contributed by atoms with Crippen molar-refractivity contribution in [3.63, 3.8) is 0 Å². The van der Waals surface area contributed by atoms with Crippen LogP contribution in [0.5, 0.6) is 0 Å². The van der Waals surface area contributed by atoms with Crippen LogP contribution in [0.15, 0.2) is 58.8 Å². The molecule has 3 rings (SSSR count). The van der Waals surface area contributed by atoms with Crippen molar-refractivity contribution >= 4 is 45.7 Å². The predicted octanol–water partition coefficient (Wildman–Crippen LogP) is 4.44. The van der Waals surface area contributed by atoms with E-state index >= 15 is 0 Å². The minimum Gasteiger partial charge on any atom is -0.325 e. The Balaban J connectivity index is 1.59. The Hall–Kier alpha value is -2.71. The van der Waals surface area contributed by atoms with E-state index in [0.29, 0.717) is 16.4 Å². The second kappa shape index (κ2) is 8.79. The first kappa shape index (κ1) is 19.1. The number of hydrogen-bond acceptors (Lipinski definition) is 5. The zero-order valence-corrected chi connectivity index (χ0v) is 16.0. The predicted molar refractivity (Wildman–Crippen MR) is 107 cm³/mol. The van der Waals surface area contributed by atoms with Gasteiger partial charge in [-0.05, 0) is 42.7 Å². The summed E-state index contributed by atoms with van der Waals surface area (Å²) in [5.41, 5.74) is 1.66. The van der Waals surface area contributed by atoms with Gasteiger partial charge in [0.1, 0.15) is 5.82 Å². The molecule has 0 aliphatic rings. The summed E-state index contributed by atoms with van der Waals surface area (Å²) in [6.45, 7) is 0. The molecule has 0 aliphatic heterocycles. The van der Waals surface area contributed by atoms with Crippen molar-refractivity contribution < 1.29 is 14.0 Å². The van der Waals surface area contributed by atoms with Gasteiger partial charge in [0.15, 0.2) is 5.13 Å². The number of carbonyl (C=O) groups is 2. The van der Waals surface area contributed by atoms with Crippen LogP contribution in [-0.2, 0) is 11.2 Å². The largest absolute Gasteiger partial charge is 0.325 e. The summed E-state index contributed by atoms with van der Waals surface area (Å²) in [7, 11) is 0. The fourth-order valence-corrected chi connectivity index (χ4v) is 3.58. The Morgan fingerprint density at radius 3 is 2.59 bits per heavy atom. The lowest BCUT2D eigenvalue weighted by Gasteiger charge is -2.08. The van der Waals surface area contributed by atoms with E-state index in [-0.39, 0.29) is 18.2 Å². The molecular weight excluding hydrogens is 385 g/mol. The number of nitrogens with one attached hydrogen (secondary N) is 2. The number of thioether (sulfide) groups is 1. The molecule has 0 spiro atoms. The molecule has 138 valence electrons. The highest BCUT2D eigenvalue weighted by Gasteiger charge is 2.12. The molecule has 5 nitrogen and oxygen atoms in total. The second-order valence-electron chi connectivity index (χ2n) is 5.53. The summed E-state index contributed by atoms with van der Waals surface area (Å²) in [5.74, 6) is -0.968. The molecule has 0 fully saturated rings. The molecule has 0 aliphatic carbocycles. The number of carbonyl (C=O) groups excluding carboxylic acids is 2. The van der Waals surface area contributed by atoms with Gasteiger partial charge in [0.2, 0.25) is 5.91 Å². The van der Waals surface area contributed by atoms with E-state index in [1.807, 2.05) is 30.5 Å². The van der Waals surface area contributed by atoms with E-state index < -0.39 is 5.82 Å². The first-order valence-corrected chi connectivity index (χ1v) is 10.1. The van der Waals surface area contributed by atoms with Gasteiger partial charge in [-0.2, -0.15) is 0 Å². The molecule has 1 heterocycles. The molecule has 0 atom stereocenters. The molecule has 0 saturated heterocycles. The van der Waals surface area contributed by atoms with E-state index in [9.17, 15) is 14.0 Å². The van der Waals surface area contributed by atoms with Crippen LogP contribution in [0.25, 0.3) is 0 Å². The van der Waals surface area contributed by atoms with Gasteiger partial charge < -0.3 is 5.32 Å². The fraction of sp³-hybridized carbons (Fsp3) is 0.105. The van der Waals surface area contributed by atoms with Gasteiger partial charge in [0, 0.05) is 15.8 Å².